The number of aryl methyl sites for hydroxylation is 1. The third-order valence-corrected chi connectivity index (χ3v) is 2.79. The third-order valence-electron chi connectivity index (χ3n) is 2.79. The minimum absolute atomic E-state index is 0. The second kappa shape index (κ2) is 14.9. The van der Waals surface area contributed by atoms with Gasteiger partial charge in [-0.15, -0.1) is 40.6 Å². The van der Waals surface area contributed by atoms with E-state index < -0.39 is 0 Å². The van der Waals surface area contributed by atoms with E-state index in [-0.39, 0.29) is 21.7 Å². The van der Waals surface area contributed by atoms with E-state index in [0.29, 0.717) is 0 Å². The predicted molar refractivity (Wildman–Crippen MR) is 89.4 cm³/mol. The molecule has 0 aromatic heterocycles. The molecule has 2 aromatic rings. The van der Waals surface area contributed by atoms with Crippen LogP contribution in [-0.4, -0.2) is 0 Å². The minimum Gasteiger partial charge on any atom is -0.343 e. The van der Waals surface area contributed by atoms with Gasteiger partial charge in [0.15, 0.2) is 0 Å². The number of hydrogen-bond donors (Lipinski definition) is 0. The van der Waals surface area contributed by atoms with Gasteiger partial charge in [0, 0.05) is 0 Å². The maximum Gasteiger partial charge on any atom is 3.00 e. The number of unbranched alkanes of at least 4 members (excludes halogenated alkanes) is 2. The quantitative estimate of drug-likeness (QED) is 0.457. The van der Waals surface area contributed by atoms with Gasteiger partial charge in [0.25, 0.3) is 0 Å². The average molecular weight is 305 g/mol. The molecule has 0 unspecified atom stereocenters. The first-order valence-electron chi connectivity index (χ1n) is 7.46. The minimum atomic E-state index is 0. The average Bonchev–Trinajstić information content (AvgIpc) is 2.90. The van der Waals surface area contributed by atoms with Gasteiger partial charge < -0.3 is 13.8 Å². The van der Waals surface area contributed by atoms with Crippen molar-refractivity contribution in [1.29, 1.82) is 0 Å². The van der Waals surface area contributed by atoms with Crippen LogP contribution in [-0.2, 0) is 28.1 Å². The van der Waals surface area contributed by atoms with Crippen LogP contribution in [0.15, 0.2) is 36.4 Å². The zero-order valence-corrected chi connectivity index (χ0v) is 15.0. The summed E-state index contributed by atoms with van der Waals surface area (Å²) in [6.45, 7) is 13.6. The van der Waals surface area contributed by atoms with Crippen LogP contribution in [0, 0.1) is 13.8 Å². The maximum atomic E-state index is 3.60. The molecule has 0 aliphatic carbocycles. The van der Waals surface area contributed by atoms with Crippen molar-refractivity contribution in [2.45, 2.75) is 52.9 Å². The summed E-state index contributed by atoms with van der Waals surface area (Å²) in [4.78, 5) is 0. The van der Waals surface area contributed by atoms with Crippen LogP contribution in [0.2, 0.25) is 0 Å². The van der Waals surface area contributed by atoms with E-state index in [1.165, 1.54) is 29.2 Å². The summed E-state index contributed by atoms with van der Waals surface area (Å²) in [5.41, 5.74) is 1.44. The van der Waals surface area contributed by atoms with Gasteiger partial charge in [0.2, 0.25) is 0 Å². The Morgan fingerprint density at radius 3 is 1.85 bits per heavy atom. The molecule has 109 valence electrons. The Morgan fingerprint density at radius 2 is 1.45 bits per heavy atom. The molecule has 20 heavy (non-hydrogen) atoms. The van der Waals surface area contributed by atoms with Gasteiger partial charge in [-0.25, -0.2) is 0 Å². The molecule has 0 N–H and O–H groups in total. The van der Waals surface area contributed by atoms with Gasteiger partial charge in [-0.3, -0.25) is 0 Å². The molecule has 0 saturated heterocycles. The largest absolute Gasteiger partial charge is 3.00 e. The fourth-order valence-corrected chi connectivity index (χ4v) is 1.42. The molecule has 0 amide bonds. The molecule has 0 nitrogen and oxygen atoms in total. The van der Waals surface area contributed by atoms with Crippen molar-refractivity contribution in [2.24, 2.45) is 0 Å². The Kier molecular flexibility index (Phi) is 16.3. The summed E-state index contributed by atoms with van der Waals surface area (Å²) >= 11 is 0. The van der Waals surface area contributed by atoms with Gasteiger partial charge in [0.1, 0.15) is 0 Å². The Balaban J connectivity index is 0. The van der Waals surface area contributed by atoms with Gasteiger partial charge in [-0.1, -0.05) is 39.7 Å². The normalized spacial score (nSPS) is 8.85. The summed E-state index contributed by atoms with van der Waals surface area (Å²) < 4.78 is 0. The standard InChI is InChI=1S/C11H11.2C4H9.Ti/c1-2-9-7-10-5-3-4-6-11(10)8-9;2*1-3-4-2;/h3-8H,2H2,1H3;2*1,3-4H2,2H3;/q3*-1;+3. The smallest absolute Gasteiger partial charge is 0.343 e. The van der Waals surface area contributed by atoms with Crippen LogP contribution in [0.4, 0.5) is 0 Å². The maximum absolute atomic E-state index is 3.60. The van der Waals surface area contributed by atoms with Crippen molar-refractivity contribution in [3.05, 3.63) is 55.8 Å². The van der Waals surface area contributed by atoms with Crippen molar-refractivity contribution in [3.8, 4) is 0 Å². The molecular formula is C19H29Ti. The second-order valence-electron chi connectivity index (χ2n) is 4.55. The molecule has 0 aliphatic heterocycles. The molecule has 0 atom stereocenters. The summed E-state index contributed by atoms with van der Waals surface area (Å²) in [6.07, 6.45) is 5.69. The van der Waals surface area contributed by atoms with Crippen molar-refractivity contribution < 1.29 is 21.7 Å². The molecule has 1 radical (unpaired) electrons. The van der Waals surface area contributed by atoms with Crippen LogP contribution in [0.1, 0.15) is 52.0 Å². The number of benzene rings is 1. The van der Waals surface area contributed by atoms with Gasteiger partial charge >= 0.3 is 21.7 Å². The van der Waals surface area contributed by atoms with E-state index in [9.17, 15) is 0 Å². The van der Waals surface area contributed by atoms with Crippen LogP contribution >= 0.6 is 0 Å². The molecule has 0 saturated carbocycles. The first-order valence-corrected chi connectivity index (χ1v) is 7.46. The molecule has 1 heteroatoms. The molecule has 0 spiro atoms. The Labute approximate surface area is 141 Å². The van der Waals surface area contributed by atoms with Crippen molar-refractivity contribution >= 4 is 10.8 Å². The summed E-state index contributed by atoms with van der Waals surface area (Å²) in [7, 11) is 0. The topological polar surface area (TPSA) is 0 Å². The van der Waals surface area contributed by atoms with Crippen LogP contribution in [0.3, 0.4) is 0 Å². The number of hydrogen-bond acceptors (Lipinski definition) is 0. The zero-order chi connectivity index (χ0) is 14.5. The first-order chi connectivity index (χ1) is 9.23. The summed E-state index contributed by atoms with van der Waals surface area (Å²) in [6, 6.07) is 13.0. The van der Waals surface area contributed by atoms with E-state index in [1.807, 2.05) is 0 Å². The van der Waals surface area contributed by atoms with E-state index in [4.69, 9.17) is 0 Å². The molecule has 0 bridgehead atoms. The molecular weight excluding hydrogens is 276 g/mol. The Bertz CT molecular complexity index is 373. The summed E-state index contributed by atoms with van der Waals surface area (Å²) in [5.74, 6) is 0. The van der Waals surface area contributed by atoms with E-state index >= 15 is 0 Å². The van der Waals surface area contributed by atoms with Gasteiger partial charge in [-0.2, -0.15) is 18.9 Å². The van der Waals surface area contributed by atoms with Crippen LogP contribution in [0.25, 0.3) is 10.8 Å². The molecule has 2 rings (SSSR count). The van der Waals surface area contributed by atoms with Crippen molar-refractivity contribution in [3.63, 3.8) is 0 Å². The predicted octanol–water partition coefficient (Wildman–Crippen LogP) is 6.36. The van der Waals surface area contributed by atoms with Crippen molar-refractivity contribution in [1.82, 2.24) is 0 Å². The Morgan fingerprint density at radius 1 is 0.950 bits per heavy atom. The second-order valence-corrected chi connectivity index (χ2v) is 4.55. The zero-order valence-electron chi connectivity index (χ0n) is 13.4. The fourth-order valence-electron chi connectivity index (χ4n) is 1.42. The molecule has 2 aromatic carbocycles. The first kappa shape index (κ1) is 21.8. The fraction of sp³-hybridized carbons (Fsp3) is 0.421. The molecule has 0 heterocycles. The van der Waals surface area contributed by atoms with E-state index in [0.717, 1.165) is 19.3 Å². The van der Waals surface area contributed by atoms with E-state index in [1.54, 1.807) is 0 Å². The van der Waals surface area contributed by atoms with Crippen LogP contribution < -0.4 is 0 Å². The molecule has 0 aliphatic rings. The van der Waals surface area contributed by atoms with Crippen molar-refractivity contribution in [2.75, 3.05) is 0 Å². The SMILES string of the molecule is CCc1cc2ccccc2[cH-]1.[CH2-]CCC.[CH2-]CCC.[Ti+3]. The summed E-state index contributed by atoms with van der Waals surface area (Å²) in [5, 5.41) is 2.73. The molecule has 0 fully saturated rings. The van der Waals surface area contributed by atoms with Gasteiger partial charge in [-0.05, 0) is 6.42 Å². The number of fused-ring (bicyclic) bond motifs is 1. The Hall–Kier alpha value is -0.456. The number of rotatable bonds is 3. The van der Waals surface area contributed by atoms with Gasteiger partial charge in [0.05, 0.1) is 0 Å². The monoisotopic (exact) mass is 305 g/mol. The van der Waals surface area contributed by atoms with E-state index in [2.05, 4.69) is 71.0 Å². The third kappa shape index (κ3) is 9.45. The van der Waals surface area contributed by atoms with Crippen LogP contribution in [0.5, 0.6) is 0 Å².